The van der Waals surface area contributed by atoms with Crippen molar-refractivity contribution in [2.45, 2.75) is 25.8 Å². The number of hydrogen-bond acceptors (Lipinski definition) is 5. The highest BCUT2D eigenvalue weighted by atomic mass is 16.5. The first kappa shape index (κ1) is 15.4. The quantitative estimate of drug-likeness (QED) is 0.867. The van der Waals surface area contributed by atoms with Gasteiger partial charge in [-0.3, -0.25) is 4.79 Å². The summed E-state index contributed by atoms with van der Waals surface area (Å²) < 4.78 is 15.9. The van der Waals surface area contributed by atoms with Crippen molar-refractivity contribution >= 4 is 5.91 Å². The fraction of sp³-hybridized carbons (Fsp3) is 0.412. The molecule has 1 aromatic carbocycles. The monoisotopic (exact) mass is 316 g/mol. The van der Waals surface area contributed by atoms with E-state index in [0.717, 1.165) is 29.9 Å². The minimum Gasteiger partial charge on any atom is -0.497 e. The van der Waals surface area contributed by atoms with E-state index in [1.807, 2.05) is 23.1 Å². The maximum Gasteiger partial charge on any atom is 0.292 e. The molecule has 0 spiro atoms. The lowest BCUT2D eigenvalue weighted by Crippen LogP contribution is -2.30. The van der Waals surface area contributed by atoms with Crippen LogP contribution < -0.4 is 9.47 Å². The van der Waals surface area contributed by atoms with Crippen LogP contribution in [-0.4, -0.2) is 36.7 Å². The summed E-state index contributed by atoms with van der Waals surface area (Å²) in [6.07, 6.45) is 1.81. The highest BCUT2D eigenvalue weighted by Gasteiger charge is 2.34. The van der Waals surface area contributed by atoms with Crippen LogP contribution in [0.1, 0.15) is 40.7 Å². The third-order valence-corrected chi connectivity index (χ3v) is 4.15. The molecule has 1 aliphatic heterocycles. The minimum absolute atomic E-state index is 0.0574. The molecular weight excluding hydrogens is 296 g/mol. The SMILES string of the molecule is COc1ccc(OC)c([C@H]2CCCN2C(=O)c2cc(C)no2)c1. The Labute approximate surface area is 135 Å². The molecule has 122 valence electrons. The van der Waals surface area contributed by atoms with Gasteiger partial charge in [0.15, 0.2) is 0 Å². The van der Waals surface area contributed by atoms with Crippen molar-refractivity contribution in [3.05, 3.63) is 41.3 Å². The predicted octanol–water partition coefficient (Wildman–Crippen LogP) is 2.98. The normalized spacial score (nSPS) is 17.3. The number of rotatable bonds is 4. The van der Waals surface area contributed by atoms with Gasteiger partial charge in [0.05, 0.1) is 26.0 Å². The molecule has 0 N–H and O–H groups in total. The largest absolute Gasteiger partial charge is 0.497 e. The second-order valence-corrected chi connectivity index (χ2v) is 5.60. The lowest BCUT2D eigenvalue weighted by atomic mass is 10.0. The number of nitrogens with zero attached hydrogens (tertiary/aromatic N) is 2. The number of carbonyl (C=O) groups excluding carboxylic acids is 1. The standard InChI is InChI=1S/C17H20N2O4/c1-11-9-16(23-18-11)17(20)19-8-4-5-14(19)13-10-12(21-2)6-7-15(13)22-3/h6-7,9-10,14H,4-5,8H2,1-3H3/t14-/m1/s1. The van der Waals surface area contributed by atoms with Crippen LogP contribution in [0.15, 0.2) is 28.8 Å². The molecule has 6 nitrogen and oxygen atoms in total. The maximum atomic E-state index is 12.7. The van der Waals surface area contributed by atoms with Gasteiger partial charge in [-0.05, 0) is 38.0 Å². The van der Waals surface area contributed by atoms with Crippen LogP contribution in [0.2, 0.25) is 0 Å². The summed E-state index contributed by atoms with van der Waals surface area (Å²) in [5.41, 5.74) is 1.65. The zero-order valence-corrected chi connectivity index (χ0v) is 13.5. The van der Waals surface area contributed by atoms with Gasteiger partial charge >= 0.3 is 0 Å². The first-order valence-corrected chi connectivity index (χ1v) is 7.60. The Kier molecular flexibility index (Phi) is 4.23. The van der Waals surface area contributed by atoms with Crippen molar-refractivity contribution < 1.29 is 18.8 Å². The van der Waals surface area contributed by atoms with Gasteiger partial charge in [-0.25, -0.2) is 0 Å². The Morgan fingerprint density at radius 3 is 2.78 bits per heavy atom. The topological polar surface area (TPSA) is 64.8 Å². The number of carbonyl (C=O) groups is 1. The van der Waals surface area contributed by atoms with E-state index in [1.54, 1.807) is 27.2 Å². The van der Waals surface area contributed by atoms with E-state index in [2.05, 4.69) is 5.16 Å². The Balaban J connectivity index is 1.94. The fourth-order valence-electron chi connectivity index (χ4n) is 3.04. The van der Waals surface area contributed by atoms with Crippen molar-refractivity contribution in [1.82, 2.24) is 10.1 Å². The number of aryl methyl sites for hydroxylation is 1. The van der Waals surface area contributed by atoms with E-state index >= 15 is 0 Å². The van der Waals surface area contributed by atoms with Gasteiger partial charge in [0, 0.05) is 18.2 Å². The van der Waals surface area contributed by atoms with Crippen LogP contribution >= 0.6 is 0 Å². The van der Waals surface area contributed by atoms with Crippen LogP contribution in [0.25, 0.3) is 0 Å². The summed E-state index contributed by atoms with van der Waals surface area (Å²) in [6.45, 7) is 2.48. The van der Waals surface area contributed by atoms with E-state index in [-0.39, 0.29) is 17.7 Å². The van der Waals surface area contributed by atoms with Crippen LogP contribution in [0.3, 0.4) is 0 Å². The fourth-order valence-corrected chi connectivity index (χ4v) is 3.04. The molecule has 1 fully saturated rings. The Hall–Kier alpha value is -2.50. The zero-order valence-electron chi connectivity index (χ0n) is 13.5. The molecule has 2 heterocycles. The predicted molar refractivity (Wildman–Crippen MR) is 83.8 cm³/mol. The molecule has 1 atom stereocenters. The Morgan fingerprint density at radius 2 is 2.13 bits per heavy atom. The van der Waals surface area contributed by atoms with Crippen molar-refractivity contribution in [3.63, 3.8) is 0 Å². The van der Waals surface area contributed by atoms with Gasteiger partial charge in [0.25, 0.3) is 5.91 Å². The summed E-state index contributed by atoms with van der Waals surface area (Å²) in [7, 11) is 3.26. The van der Waals surface area contributed by atoms with Gasteiger partial charge in [-0.1, -0.05) is 5.16 Å². The molecular formula is C17H20N2O4. The second kappa shape index (κ2) is 6.32. The highest BCUT2D eigenvalue weighted by molar-refractivity contribution is 5.92. The molecule has 1 amide bonds. The van der Waals surface area contributed by atoms with Crippen LogP contribution in [0.5, 0.6) is 11.5 Å². The zero-order chi connectivity index (χ0) is 16.4. The Bertz CT molecular complexity index is 710. The van der Waals surface area contributed by atoms with Crippen LogP contribution in [0, 0.1) is 6.92 Å². The van der Waals surface area contributed by atoms with E-state index in [9.17, 15) is 4.79 Å². The molecule has 0 bridgehead atoms. The summed E-state index contributed by atoms with van der Waals surface area (Å²) in [5, 5.41) is 3.80. The molecule has 3 rings (SSSR count). The molecule has 23 heavy (non-hydrogen) atoms. The number of likely N-dealkylation sites (tertiary alicyclic amines) is 1. The summed E-state index contributed by atoms with van der Waals surface area (Å²) in [5.74, 6) is 1.63. The van der Waals surface area contributed by atoms with Gasteiger partial charge < -0.3 is 18.9 Å². The number of amides is 1. The third kappa shape index (κ3) is 2.88. The number of aromatic nitrogens is 1. The van der Waals surface area contributed by atoms with Crippen molar-refractivity contribution in [2.75, 3.05) is 20.8 Å². The second-order valence-electron chi connectivity index (χ2n) is 5.60. The number of hydrogen-bond donors (Lipinski definition) is 0. The lowest BCUT2D eigenvalue weighted by molar-refractivity contribution is 0.0691. The first-order chi connectivity index (χ1) is 11.1. The molecule has 0 unspecified atom stereocenters. The van der Waals surface area contributed by atoms with Gasteiger partial charge in [0.1, 0.15) is 11.5 Å². The van der Waals surface area contributed by atoms with E-state index in [0.29, 0.717) is 12.2 Å². The molecule has 6 heteroatoms. The lowest BCUT2D eigenvalue weighted by Gasteiger charge is -2.25. The number of ether oxygens (including phenoxy) is 2. The number of benzene rings is 1. The average molecular weight is 316 g/mol. The molecule has 0 radical (unpaired) electrons. The highest BCUT2D eigenvalue weighted by Crippen LogP contribution is 2.39. The summed E-state index contributed by atoms with van der Waals surface area (Å²) >= 11 is 0. The van der Waals surface area contributed by atoms with Crippen LogP contribution in [0.4, 0.5) is 0 Å². The van der Waals surface area contributed by atoms with Gasteiger partial charge in [-0.15, -0.1) is 0 Å². The molecule has 2 aromatic rings. The number of methoxy groups -OCH3 is 2. The van der Waals surface area contributed by atoms with E-state index < -0.39 is 0 Å². The molecule has 0 aliphatic carbocycles. The minimum atomic E-state index is -0.141. The Morgan fingerprint density at radius 1 is 1.30 bits per heavy atom. The van der Waals surface area contributed by atoms with Gasteiger partial charge in [0.2, 0.25) is 5.76 Å². The molecule has 1 aliphatic rings. The summed E-state index contributed by atoms with van der Waals surface area (Å²) in [6, 6.07) is 7.26. The van der Waals surface area contributed by atoms with Crippen molar-refractivity contribution in [2.24, 2.45) is 0 Å². The maximum absolute atomic E-state index is 12.7. The van der Waals surface area contributed by atoms with Crippen LogP contribution in [-0.2, 0) is 0 Å². The van der Waals surface area contributed by atoms with Crippen molar-refractivity contribution in [3.8, 4) is 11.5 Å². The molecule has 1 aromatic heterocycles. The van der Waals surface area contributed by atoms with Crippen molar-refractivity contribution in [1.29, 1.82) is 0 Å². The molecule has 1 saturated heterocycles. The smallest absolute Gasteiger partial charge is 0.292 e. The van der Waals surface area contributed by atoms with E-state index in [1.165, 1.54) is 0 Å². The summed E-state index contributed by atoms with van der Waals surface area (Å²) in [4.78, 5) is 14.5. The molecule has 0 saturated carbocycles. The van der Waals surface area contributed by atoms with E-state index in [4.69, 9.17) is 14.0 Å². The average Bonchev–Trinajstić information content (AvgIpc) is 3.22. The third-order valence-electron chi connectivity index (χ3n) is 4.15. The first-order valence-electron chi connectivity index (χ1n) is 7.60. The van der Waals surface area contributed by atoms with Gasteiger partial charge in [-0.2, -0.15) is 0 Å².